The van der Waals surface area contributed by atoms with E-state index in [-0.39, 0.29) is 11.9 Å². The molecule has 6 heteroatoms. The number of carbonyl (C=O) groups is 1. The maximum atomic E-state index is 12.1. The highest BCUT2D eigenvalue weighted by Gasteiger charge is 2.30. The number of amides is 1. The Hall–Kier alpha value is -2.11. The Morgan fingerprint density at radius 1 is 1.53 bits per heavy atom. The van der Waals surface area contributed by atoms with E-state index in [1.165, 1.54) is 0 Å². The number of aromatic nitrogens is 3. The van der Waals surface area contributed by atoms with Gasteiger partial charge in [-0.05, 0) is 19.4 Å². The lowest BCUT2D eigenvalue weighted by atomic mass is 10.2. The zero-order valence-electron chi connectivity index (χ0n) is 11.1. The van der Waals surface area contributed by atoms with Crippen molar-refractivity contribution in [1.29, 1.82) is 0 Å². The van der Waals surface area contributed by atoms with Gasteiger partial charge in [-0.2, -0.15) is 5.10 Å². The molecule has 1 N–H and O–H groups in total. The number of pyridine rings is 1. The van der Waals surface area contributed by atoms with Crippen molar-refractivity contribution in [3.05, 3.63) is 18.5 Å². The largest absolute Gasteiger partial charge is 0.373 e. The molecular formula is C13H17N5O. The summed E-state index contributed by atoms with van der Waals surface area (Å²) in [5.41, 5.74) is 1.75. The van der Waals surface area contributed by atoms with Crippen molar-refractivity contribution in [2.24, 2.45) is 7.05 Å². The number of fused-ring (bicyclic) bond motifs is 1. The molecule has 1 unspecified atom stereocenters. The van der Waals surface area contributed by atoms with Crippen LogP contribution in [0.4, 0.5) is 5.69 Å². The Morgan fingerprint density at radius 2 is 2.37 bits per heavy atom. The summed E-state index contributed by atoms with van der Waals surface area (Å²) >= 11 is 0. The number of rotatable bonds is 3. The van der Waals surface area contributed by atoms with Crippen LogP contribution < -0.4 is 5.32 Å². The van der Waals surface area contributed by atoms with Gasteiger partial charge in [-0.1, -0.05) is 0 Å². The van der Waals surface area contributed by atoms with E-state index in [1.54, 1.807) is 17.1 Å². The lowest BCUT2D eigenvalue weighted by Gasteiger charge is -2.15. The first-order valence-corrected chi connectivity index (χ1v) is 6.52. The number of likely N-dealkylation sites (tertiary alicyclic amines) is 1. The Balaban J connectivity index is 1.88. The fourth-order valence-corrected chi connectivity index (χ4v) is 2.55. The molecule has 0 bridgehead atoms. The molecule has 0 aromatic carbocycles. The van der Waals surface area contributed by atoms with Crippen LogP contribution in [0, 0.1) is 0 Å². The van der Waals surface area contributed by atoms with Crippen LogP contribution in [0.15, 0.2) is 18.5 Å². The van der Waals surface area contributed by atoms with E-state index in [0.29, 0.717) is 0 Å². The average Bonchev–Trinajstić information content (AvgIpc) is 2.96. The van der Waals surface area contributed by atoms with Crippen molar-refractivity contribution in [3.8, 4) is 0 Å². The van der Waals surface area contributed by atoms with Crippen LogP contribution in [0.2, 0.25) is 0 Å². The van der Waals surface area contributed by atoms with Crippen molar-refractivity contribution >= 4 is 22.6 Å². The summed E-state index contributed by atoms with van der Waals surface area (Å²) in [6, 6.07) is 1.76. The van der Waals surface area contributed by atoms with E-state index in [9.17, 15) is 4.79 Å². The normalized spacial score (nSPS) is 19.4. The first kappa shape index (κ1) is 12.0. The number of carbonyl (C=O) groups excluding carboxylic acids is 1. The first-order chi connectivity index (χ1) is 9.20. The zero-order chi connectivity index (χ0) is 13.4. The van der Waals surface area contributed by atoms with E-state index in [4.69, 9.17) is 0 Å². The van der Waals surface area contributed by atoms with Gasteiger partial charge in [0.2, 0.25) is 5.91 Å². The van der Waals surface area contributed by atoms with Crippen LogP contribution >= 0.6 is 0 Å². The summed E-state index contributed by atoms with van der Waals surface area (Å²) in [5, 5.41) is 8.48. The van der Waals surface area contributed by atoms with Gasteiger partial charge in [-0.3, -0.25) is 9.48 Å². The summed E-state index contributed by atoms with van der Waals surface area (Å²) < 4.78 is 1.73. The molecule has 1 aliphatic heterocycles. The van der Waals surface area contributed by atoms with Crippen LogP contribution in [0.25, 0.3) is 11.0 Å². The predicted octanol–water partition coefficient (Wildman–Crippen LogP) is 1.00. The number of hydrogen-bond donors (Lipinski definition) is 1. The van der Waals surface area contributed by atoms with Crippen LogP contribution in [-0.2, 0) is 11.8 Å². The summed E-state index contributed by atoms with van der Waals surface area (Å²) in [7, 11) is 1.86. The average molecular weight is 259 g/mol. The Bertz CT molecular complexity index is 621. The molecule has 0 spiro atoms. The van der Waals surface area contributed by atoms with E-state index < -0.39 is 0 Å². The van der Waals surface area contributed by atoms with Gasteiger partial charge in [-0.15, -0.1) is 0 Å². The molecule has 1 atom stereocenters. The number of hydrogen-bond acceptors (Lipinski definition) is 4. The third-order valence-corrected chi connectivity index (χ3v) is 3.64. The van der Waals surface area contributed by atoms with Gasteiger partial charge in [0.25, 0.3) is 0 Å². The van der Waals surface area contributed by atoms with Crippen molar-refractivity contribution in [2.45, 2.75) is 19.4 Å². The lowest BCUT2D eigenvalue weighted by molar-refractivity contribution is -0.128. The van der Waals surface area contributed by atoms with Gasteiger partial charge in [0.05, 0.1) is 11.6 Å². The number of likely N-dealkylation sites (N-methyl/N-ethyl adjacent to an activating group) is 1. The van der Waals surface area contributed by atoms with Gasteiger partial charge in [0.15, 0.2) is 5.65 Å². The minimum absolute atomic E-state index is 0.134. The molecule has 1 aliphatic rings. The molecule has 19 heavy (non-hydrogen) atoms. The first-order valence-electron chi connectivity index (χ1n) is 6.52. The molecule has 3 heterocycles. The summed E-state index contributed by atoms with van der Waals surface area (Å²) in [4.78, 5) is 18.3. The molecular weight excluding hydrogens is 242 g/mol. The monoisotopic (exact) mass is 259 g/mol. The second kappa shape index (κ2) is 4.53. The Morgan fingerprint density at radius 3 is 3.11 bits per heavy atom. The summed E-state index contributed by atoms with van der Waals surface area (Å²) in [6.07, 6.45) is 4.36. The molecule has 0 aliphatic carbocycles. The summed E-state index contributed by atoms with van der Waals surface area (Å²) in [5.74, 6) is 0.177. The van der Waals surface area contributed by atoms with Gasteiger partial charge >= 0.3 is 0 Å². The number of aryl methyl sites for hydroxylation is 1. The molecule has 6 nitrogen and oxygen atoms in total. The SMILES string of the molecule is CCN1CCC(Nc2ccnc3c2cnn3C)C1=O. The van der Waals surface area contributed by atoms with Crippen molar-refractivity contribution < 1.29 is 4.79 Å². The summed E-state index contributed by atoms with van der Waals surface area (Å²) in [6.45, 7) is 3.61. The van der Waals surface area contributed by atoms with E-state index in [0.717, 1.165) is 36.2 Å². The van der Waals surface area contributed by atoms with Crippen molar-refractivity contribution in [3.63, 3.8) is 0 Å². The molecule has 2 aromatic heterocycles. The molecule has 1 amide bonds. The molecule has 100 valence electrons. The third kappa shape index (κ3) is 1.93. The Labute approximate surface area is 111 Å². The highest BCUT2D eigenvalue weighted by atomic mass is 16.2. The van der Waals surface area contributed by atoms with Crippen molar-refractivity contribution in [2.75, 3.05) is 18.4 Å². The second-order valence-electron chi connectivity index (χ2n) is 4.77. The molecule has 3 rings (SSSR count). The Kier molecular flexibility index (Phi) is 2.85. The maximum absolute atomic E-state index is 12.1. The highest BCUT2D eigenvalue weighted by Crippen LogP contribution is 2.23. The molecule has 0 saturated carbocycles. The molecule has 2 aromatic rings. The maximum Gasteiger partial charge on any atom is 0.245 e. The van der Waals surface area contributed by atoms with E-state index >= 15 is 0 Å². The lowest BCUT2D eigenvalue weighted by Crippen LogP contribution is -2.33. The number of nitrogens with one attached hydrogen (secondary N) is 1. The number of anilines is 1. The van der Waals surface area contributed by atoms with E-state index in [1.807, 2.05) is 24.9 Å². The van der Waals surface area contributed by atoms with Gasteiger partial charge in [0.1, 0.15) is 6.04 Å². The molecule has 0 radical (unpaired) electrons. The van der Waals surface area contributed by atoms with Crippen LogP contribution in [0.1, 0.15) is 13.3 Å². The predicted molar refractivity (Wildman–Crippen MR) is 72.8 cm³/mol. The third-order valence-electron chi connectivity index (χ3n) is 3.64. The van der Waals surface area contributed by atoms with Crippen molar-refractivity contribution in [1.82, 2.24) is 19.7 Å². The van der Waals surface area contributed by atoms with Crippen LogP contribution in [0.5, 0.6) is 0 Å². The quantitative estimate of drug-likeness (QED) is 0.893. The standard InChI is InChI=1S/C13H17N5O/c1-3-18-7-5-11(13(18)19)16-10-4-6-14-12-9(10)8-15-17(12)2/h4,6,8,11H,3,5,7H2,1-2H3,(H,14,16). The fourth-order valence-electron chi connectivity index (χ4n) is 2.55. The smallest absolute Gasteiger partial charge is 0.245 e. The number of nitrogens with zero attached hydrogens (tertiary/aromatic N) is 4. The second-order valence-corrected chi connectivity index (χ2v) is 4.77. The van der Waals surface area contributed by atoms with Gasteiger partial charge in [0, 0.05) is 32.0 Å². The topological polar surface area (TPSA) is 63.0 Å². The molecule has 1 saturated heterocycles. The highest BCUT2D eigenvalue weighted by molar-refractivity contribution is 5.93. The molecule has 1 fully saturated rings. The van der Waals surface area contributed by atoms with Gasteiger partial charge in [-0.25, -0.2) is 4.98 Å². The fraction of sp³-hybridized carbons (Fsp3) is 0.462. The minimum atomic E-state index is -0.134. The van der Waals surface area contributed by atoms with Gasteiger partial charge < -0.3 is 10.2 Å². The van der Waals surface area contributed by atoms with Crippen LogP contribution in [0.3, 0.4) is 0 Å². The van der Waals surface area contributed by atoms with E-state index in [2.05, 4.69) is 15.4 Å². The zero-order valence-corrected chi connectivity index (χ0v) is 11.1. The van der Waals surface area contributed by atoms with Crippen LogP contribution in [-0.4, -0.2) is 44.7 Å². The minimum Gasteiger partial charge on any atom is -0.373 e.